The first kappa shape index (κ1) is 18.3. The van der Waals surface area contributed by atoms with E-state index in [0.717, 1.165) is 5.56 Å². The number of para-hydroxylation sites is 2. The van der Waals surface area contributed by atoms with Crippen molar-refractivity contribution in [2.24, 2.45) is 0 Å². The Hall–Kier alpha value is -3.47. The zero-order valence-corrected chi connectivity index (χ0v) is 15.5. The lowest BCUT2D eigenvalue weighted by atomic mass is 10.1. The molecule has 0 radical (unpaired) electrons. The number of hydrogen-bond acceptors (Lipinski definition) is 4. The van der Waals surface area contributed by atoms with Crippen molar-refractivity contribution in [3.63, 3.8) is 0 Å². The molecule has 0 bridgehead atoms. The number of nitrogens with one attached hydrogen (secondary N) is 1. The number of carbonyl (C=O) groups is 1. The zero-order chi connectivity index (χ0) is 19.2. The third-order valence-corrected chi connectivity index (χ3v) is 4.04. The summed E-state index contributed by atoms with van der Waals surface area (Å²) in [5.74, 6) is 2.01. The molecule has 0 aliphatic heterocycles. The largest absolute Gasteiger partial charge is 0.497 e. The van der Waals surface area contributed by atoms with Crippen LogP contribution in [0.25, 0.3) is 0 Å². The summed E-state index contributed by atoms with van der Waals surface area (Å²) in [6, 6.07) is 20.1. The number of ether oxygens (including phenoxy) is 3. The molecule has 0 heterocycles. The van der Waals surface area contributed by atoms with E-state index < -0.39 is 0 Å². The van der Waals surface area contributed by atoms with Gasteiger partial charge in [0.15, 0.2) is 5.75 Å². The van der Waals surface area contributed by atoms with Crippen LogP contribution in [0.4, 0.5) is 5.69 Å². The van der Waals surface area contributed by atoms with Crippen LogP contribution >= 0.6 is 0 Å². The van der Waals surface area contributed by atoms with Crippen molar-refractivity contribution in [2.75, 3.05) is 19.5 Å². The van der Waals surface area contributed by atoms with Gasteiger partial charge in [-0.25, -0.2) is 0 Å². The molecule has 3 aromatic carbocycles. The van der Waals surface area contributed by atoms with Crippen LogP contribution in [0, 0.1) is 6.92 Å². The van der Waals surface area contributed by atoms with Gasteiger partial charge in [-0.05, 0) is 43.3 Å². The molecular weight excluding hydrogens is 342 g/mol. The van der Waals surface area contributed by atoms with Crippen molar-refractivity contribution < 1.29 is 19.0 Å². The van der Waals surface area contributed by atoms with Gasteiger partial charge in [-0.3, -0.25) is 4.79 Å². The summed E-state index contributed by atoms with van der Waals surface area (Å²) in [5, 5.41) is 2.89. The molecule has 0 atom stereocenters. The highest BCUT2D eigenvalue weighted by atomic mass is 16.5. The van der Waals surface area contributed by atoms with Crippen molar-refractivity contribution in [2.45, 2.75) is 6.92 Å². The van der Waals surface area contributed by atoms with Gasteiger partial charge < -0.3 is 19.5 Å². The molecule has 3 rings (SSSR count). The lowest BCUT2D eigenvalue weighted by Crippen LogP contribution is -2.13. The van der Waals surface area contributed by atoms with E-state index in [-0.39, 0.29) is 5.91 Å². The Kier molecular flexibility index (Phi) is 5.61. The highest BCUT2D eigenvalue weighted by molar-refractivity contribution is 6.07. The second kappa shape index (κ2) is 8.27. The second-order valence-corrected chi connectivity index (χ2v) is 5.93. The Labute approximate surface area is 158 Å². The number of anilines is 1. The molecule has 0 aliphatic carbocycles. The maximum Gasteiger partial charge on any atom is 0.259 e. The number of benzene rings is 3. The average Bonchev–Trinajstić information content (AvgIpc) is 2.70. The maximum absolute atomic E-state index is 12.8. The highest BCUT2D eigenvalue weighted by Gasteiger charge is 2.15. The summed E-state index contributed by atoms with van der Waals surface area (Å²) in [7, 11) is 3.08. The minimum atomic E-state index is -0.297. The van der Waals surface area contributed by atoms with Gasteiger partial charge in [0.25, 0.3) is 5.91 Å². The number of aryl methyl sites for hydroxylation is 1. The zero-order valence-electron chi connectivity index (χ0n) is 15.5. The summed E-state index contributed by atoms with van der Waals surface area (Å²) < 4.78 is 16.4. The molecule has 0 fully saturated rings. The fraction of sp³-hybridized carbons (Fsp3) is 0.136. The smallest absolute Gasteiger partial charge is 0.259 e. The van der Waals surface area contributed by atoms with Crippen molar-refractivity contribution in [3.05, 3.63) is 77.9 Å². The molecule has 1 N–H and O–H groups in total. The number of methoxy groups -OCH3 is 2. The lowest BCUT2D eigenvalue weighted by Gasteiger charge is -2.14. The Balaban J connectivity index is 1.83. The quantitative estimate of drug-likeness (QED) is 0.665. The molecule has 0 aromatic heterocycles. The minimum Gasteiger partial charge on any atom is -0.497 e. The van der Waals surface area contributed by atoms with Crippen LogP contribution in [0.1, 0.15) is 15.9 Å². The normalized spacial score (nSPS) is 10.2. The van der Waals surface area contributed by atoms with Gasteiger partial charge >= 0.3 is 0 Å². The number of carbonyl (C=O) groups excluding carboxylic acids is 1. The monoisotopic (exact) mass is 363 g/mol. The first-order valence-corrected chi connectivity index (χ1v) is 8.47. The van der Waals surface area contributed by atoms with Gasteiger partial charge in [0, 0.05) is 6.07 Å². The standard InChI is InChI=1S/C22H21NO4/c1-15-8-10-16(11-9-15)27-20-7-5-4-6-19(20)23-22(24)18-13-12-17(25-2)14-21(18)26-3/h4-14H,1-3H3,(H,23,24). The van der Waals surface area contributed by atoms with Crippen LogP contribution in [0.2, 0.25) is 0 Å². The van der Waals surface area contributed by atoms with Gasteiger partial charge in [0.2, 0.25) is 0 Å². The molecular formula is C22H21NO4. The van der Waals surface area contributed by atoms with Gasteiger partial charge in [0.05, 0.1) is 25.5 Å². The molecule has 0 aliphatic rings. The van der Waals surface area contributed by atoms with Crippen LogP contribution in [0.15, 0.2) is 66.7 Å². The molecule has 0 saturated carbocycles. The van der Waals surface area contributed by atoms with E-state index in [0.29, 0.717) is 34.2 Å². The van der Waals surface area contributed by atoms with E-state index in [9.17, 15) is 4.79 Å². The average molecular weight is 363 g/mol. The number of hydrogen-bond donors (Lipinski definition) is 1. The fourth-order valence-corrected chi connectivity index (χ4v) is 2.57. The summed E-state index contributed by atoms with van der Waals surface area (Å²) in [5.41, 5.74) is 2.12. The van der Waals surface area contributed by atoms with E-state index in [2.05, 4.69) is 5.32 Å². The van der Waals surface area contributed by atoms with Crippen molar-refractivity contribution in [3.8, 4) is 23.0 Å². The van der Waals surface area contributed by atoms with Crippen LogP contribution in [-0.4, -0.2) is 20.1 Å². The van der Waals surface area contributed by atoms with E-state index in [1.807, 2.05) is 43.3 Å². The predicted octanol–water partition coefficient (Wildman–Crippen LogP) is 5.06. The lowest BCUT2D eigenvalue weighted by molar-refractivity contribution is 0.102. The molecule has 0 saturated heterocycles. The van der Waals surface area contributed by atoms with Crippen molar-refractivity contribution in [1.29, 1.82) is 0 Å². The van der Waals surface area contributed by atoms with Gasteiger partial charge in [-0.1, -0.05) is 29.8 Å². The van der Waals surface area contributed by atoms with Crippen molar-refractivity contribution in [1.82, 2.24) is 0 Å². The van der Waals surface area contributed by atoms with Gasteiger partial charge in [-0.15, -0.1) is 0 Å². The molecule has 5 nitrogen and oxygen atoms in total. The molecule has 138 valence electrons. The van der Waals surface area contributed by atoms with E-state index >= 15 is 0 Å². The van der Waals surface area contributed by atoms with E-state index in [1.165, 1.54) is 7.11 Å². The summed E-state index contributed by atoms with van der Waals surface area (Å²) in [6.45, 7) is 2.01. The van der Waals surface area contributed by atoms with E-state index in [1.54, 1.807) is 37.4 Å². The van der Waals surface area contributed by atoms with Crippen LogP contribution in [0.5, 0.6) is 23.0 Å². The Morgan fingerprint density at radius 1 is 0.815 bits per heavy atom. The summed E-state index contributed by atoms with van der Waals surface area (Å²) >= 11 is 0. The minimum absolute atomic E-state index is 0.297. The topological polar surface area (TPSA) is 56.8 Å². The summed E-state index contributed by atoms with van der Waals surface area (Å²) in [4.78, 5) is 12.8. The Bertz CT molecular complexity index is 935. The van der Waals surface area contributed by atoms with Gasteiger partial charge in [-0.2, -0.15) is 0 Å². The molecule has 1 amide bonds. The number of rotatable bonds is 6. The van der Waals surface area contributed by atoms with Crippen LogP contribution in [0.3, 0.4) is 0 Å². The number of amides is 1. The van der Waals surface area contributed by atoms with Crippen molar-refractivity contribution >= 4 is 11.6 Å². The fourth-order valence-electron chi connectivity index (χ4n) is 2.57. The molecule has 0 spiro atoms. The molecule has 27 heavy (non-hydrogen) atoms. The third-order valence-electron chi connectivity index (χ3n) is 4.04. The Morgan fingerprint density at radius 3 is 2.22 bits per heavy atom. The maximum atomic E-state index is 12.8. The van der Waals surface area contributed by atoms with Crippen LogP contribution < -0.4 is 19.5 Å². The molecule has 5 heteroatoms. The predicted molar refractivity (Wildman–Crippen MR) is 105 cm³/mol. The Morgan fingerprint density at radius 2 is 1.52 bits per heavy atom. The summed E-state index contributed by atoms with van der Waals surface area (Å²) in [6.07, 6.45) is 0. The molecule has 0 unspecified atom stereocenters. The first-order chi connectivity index (χ1) is 13.1. The second-order valence-electron chi connectivity index (χ2n) is 5.93. The SMILES string of the molecule is COc1ccc(C(=O)Nc2ccccc2Oc2ccc(C)cc2)c(OC)c1. The van der Waals surface area contributed by atoms with Gasteiger partial charge in [0.1, 0.15) is 17.2 Å². The first-order valence-electron chi connectivity index (χ1n) is 8.47. The van der Waals surface area contributed by atoms with E-state index in [4.69, 9.17) is 14.2 Å². The highest BCUT2D eigenvalue weighted by Crippen LogP contribution is 2.31. The van der Waals surface area contributed by atoms with Crippen LogP contribution in [-0.2, 0) is 0 Å². The third kappa shape index (κ3) is 4.39. The molecule has 3 aromatic rings.